The van der Waals surface area contributed by atoms with Gasteiger partial charge in [0.25, 0.3) is 0 Å². The zero-order chi connectivity index (χ0) is 20.9. The number of nitrogens with two attached hydrogens (primary N) is 2. The van der Waals surface area contributed by atoms with Crippen molar-refractivity contribution >= 4 is 17.9 Å². The second-order valence-electron chi connectivity index (χ2n) is 9.17. The largest absolute Gasteiger partial charge is 0.444 e. The van der Waals surface area contributed by atoms with Crippen molar-refractivity contribution in [3.05, 3.63) is 0 Å². The molecule has 8 nitrogen and oxygen atoms in total. The van der Waals surface area contributed by atoms with Crippen molar-refractivity contribution in [3.63, 3.8) is 0 Å². The van der Waals surface area contributed by atoms with Crippen LogP contribution in [-0.2, 0) is 14.3 Å². The molecule has 0 radical (unpaired) electrons. The summed E-state index contributed by atoms with van der Waals surface area (Å²) < 4.78 is 5.17. The van der Waals surface area contributed by atoms with Crippen LogP contribution in [-0.4, -0.2) is 42.1 Å². The van der Waals surface area contributed by atoms with Crippen LogP contribution >= 0.6 is 0 Å². The highest BCUT2D eigenvalue weighted by Gasteiger charge is 2.47. The number of hydrogen-bond donors (Lipinski definition) is 4. The number of carbonyl (C=O) groups is 3. The predicted molar refractivity (Wildman–Crippen MR) is 106 cm³/mol. The number of amides is 3. The number of nitrogens with one attached hydrogen (secondary N) is 2. The molecule has 3 atom stereocenters. The average Bonchev–Trinajstić information content (AvgIpc) is 2.60. The van der Waals surface area contributed by atoms with Gasteiger partial charge in [-0.2, -0.15) is 0 Å². The van der Waals surface area contributed by atoms with E-state index in [1.54, 1.807) is 0 Å². The van der Waals surface area contributed by atoms with Crippen molar-refractivity contribution in [3.8, 4) is 0 Å². The van der Waals surface area contributed by atoms with E-state index in [2.05, 4.69) is 10.6 Å². The Morgan fingerprint density at radius 3 is 2.25 bits per heavy atom. The van der Waals surface area contributed by atoms with Crippen molar-refractivity contribution in [2.45, 2.75) is 83.4 Å². The summed E-state index contributed by atoms with van der Waals surface area (Å²) in [6.45, 7) is 5.90. The summed E-state index contributed by atoms with van der Waals surface area (Å²) in [4.78, 5) is 36.0. The number of hydrogen-bond acceptors (Lipinski definition) is 5. The van der Waals surface area contributed by atoms with E-state index in [1.165, 1.54) is 0 Å². The van der Waals surface area contributed by atoms with E-state index in [4.69, 9.17) is 16.2 Å². The molecule has 3 aliphatic rings. The molecule has 0 aromatic rings. The monoisotopic (exact) mass is 396 g/mol. The molecule has 0 heterocycles. The molecule has 0 aliphatic heterocycles. The van der Waals surface area contributed by atoms with Crippen molar-refractivity contribution in [2.24, 2.45) is 29.2 Å². The fourth-order valence-electron chi connectivity index (χ4n) is 4.46. The molecule has 3 fully saturated rings. The highest BCUT2D eigenvalue weighted by Crippen LogP contribution is 2.45. The zero-order valence-electron chi connectivity index (χ0n) is 17.3. The number of alkyl carbamates (subject to hydrolysis) is 1. The second-order valence-corrected chi connectivity index (χ2v) is 9.17. The highest BCUT2D eigenvalue weighted by molar-refractivity contribution is 5.84. The molecule has 0 spiro atoms. The first kappa shape index (κ1) is 22.5. The zero-order valence-corrected chi connectivity index (χ0v) is 17.3. The van der Waals surface area contributed by atoms with Gasteiger partial charge >= 0.3 is 6.09 Å². The average molecular weight is 397 g/mol. The Bertz CT molecular complexity index is 567. The third kappa shape index (κ3) is 6.36. The molecule has 2 unspecified atom stereocenters. The standard InChI is InChI=1S/C20H36N4O4/c1-20(2,3)28-19(27)23-11-5-4-6-14(21)18(26)24-16-13-9-7-12(8-10-13)15(16)17(22)25/h12-16H,4-11,21H2,1-3H3,(H2,22,25)(H,23,27)(H,24,26)/t12?,13?,14-,15?,16?/m0/s1. The Labute approximate surface area is 167 Å². The fourth-order valence-corrected chi connectivity index (χ4v) is 4.46. The lowest BCUT2D eigenvalue weighted by molar-refractivity contribution is -0.132. The van der Waals surface area contributed by atoms with E-state index < -0.39 is 17.7 Å². The van der Waals surface area contributed by atoms with Gasteiger partial charge in [0.2, 0.25) is 11.8 Å². The van der Waals surface area contributed by atoms with Gasteiger partial charge in [-0.15, -0.1) is 0 Å². The number of carbonyl (C=O) groups excluding carboxylic acids is 3. The summed E-state index contributed by atoms with van der Waals surface area (Å²) in [5.41, 5.74) is 11.1. The molecule has 160 valence electrons. The van der Waals surface area contributed by atoms with Crippen LogP contribution in [0.3, 0.4) is 0 Å². The Hall–Kier alpha value is -1.83. The van der Waals surface area contributed by atoms with Crippen molar-refractivity contribution in [1.29, 1.82) is 0 Å². The smallest absolute Gasteiger partial charge is 0.407 e. The first-order valence-corrected chi connectivity index (χ1v) is 10.4. The second kappa shape index (κ2) is 9.58. The topological polar surface area (TPSA) is 137 Å². The van der Waals surface area contributed by atoms with E-state index in [9.17, 15) is 14.4 Å². The van der Waals surface area contributed by atoms with Crippen LogP contribution in [0.1, 0.15) is 65.7 Å². The maximum atomic E-state index is 12.5. The van der Waals surface area contributed by atoms with Crippen molar-refractivity contribution in [2.75, 3.05) is 6.54 Å². The number of fused-ring (bicyclic) bond motifs is 3. The Balaban J connectivity index is 1.70. The predicted octanol–water partition coefficient (Wildman–Crippen LogP) is 1.42. The maximum Gasteiger partial charge on any atom is 0.407 e. The minimum absolute atomic E-state index is 0.183. The minimum atomic E-state index is -0.629. The minimum Gasteiger partial charge on any atom is -0.444 e. The lowest BCUT2D eigenvalue weighted by atomic mass is 9.61. The van der Waals surface area contributed by atoms with Crippen LogP contribution in [0.25, 0.3) is 0 Å². The van der Waals surface area contributed by atoms with Crippen molar-refractivity contribution < 1.29 is 19.1 Å². The van der Waals surface area contributed by atoms with Gasteiger partial charge in [-0.3, -0.25) is 9.59 Å². The van der Waals surface area contributed by atoms with Crippen LogP contribution < -0.4 is 22.1 Å². The molecular formula is C20H36N4O4. The van der Waals surface area contributed by atoms with Gasteiger partial charge in [0.1, 0.15) is 5.60 Å². The molecule has 8 heteroatoms. The molecule has 3 saturated carbocycles. The van der Waals surface area contributed by atoms with Gasteiger partial charge < -0.3 is 26.8 Å². The van der Waals surface area contributed by atoms with Gasteiger partial charge in [-0.1, -0.05) is 0 Å². The number of rotatable bonds is 8. The third-order valence-corrected chi connectivity index (χ3v) is 5.80. The normalized spacial score (nSPS) is 27.7. The Morgan fingerprint density at radius 1 is 1.07 bits per heavy atom. The SMILES string of the molecule is CC(C)(C)OC(=O)NCCCC[C@H](N)C(=O)NC1C2CCC(CC2)C1C(N)=O. The summed E-state index contributed by atoms with van der Waals surface area (Å²) in [5.74, 6) is -0.216. The number of primary amides is 1. The number of unbranched alkanes of at least 4 members (excludes halogenated alkanes) is 1. The lowest BCUT2D eigenvalue weighted by Gasteiger charge is -2.47. The van der Waals surface area contributed by atoms with Crippen LogP contribution in [0.5, 0.6) is 0 Å². The summed E-state index contributed by atoms with van der Waals surface area (Å²) >= 11 is 0. The molecule has 0 aromatic heterocycles. The molecule has 0 aromatic carbocycles. The van der Waals surface area contributed by atoms with E-state index in [0.29, 0.717) is 31.7 Å². The lowest BCUT2D eigenvalue weighted by Crippen LogP contribution is -2.59. The van der Waals surface area contributed by atoms with Gasteiger partial charge in [-0.25, -0.2) is 4.79 Å². The van der Waals surface area contributed by atoms with Crippen LogP contribution in [0.2, 0.25) is 0 Å². The van der Waals surface area contributed by atoms with Crippen LogP contribution in [0.15, 0.2) is 0 Å². The Kier molecular flexibility index (Phi) is 7.69. The first-order valence-electron chi connectivity index (χ1n) is 10.4. The highest BCUT2D eigenvalue weighted by atomic mass is 16.6. The first-order chi connectivity index (χ1) is 13.1. The quantitative estimate of drug-likeness (QED) is 0.460. The molecule has 28 heavy (non-hydrogen) atoms. The summed E-state index contributed by atoms with van der Waals surface area (Å²) in [6, 6.07) is -0.812. The van der Waals surface area contributed by atoms with E-state index in [-0.39, 0.29) is 29.7 Å². The summed E-state index contributed by atoms with van der Waals surface area (Å²) in [6.07, 6.45) is 5.58. The fraction of sp³-hybridized carbons (Fsp3) is 0.850. The molecule has 6 N–H and O–H groups in total. The molecule has 2 bridgehead atoms. The van der Waals surface area contributed by atoms with E-state index in [1.807, 2.05) is 20.8 Å². The molecule has 3 aliphatic carbocycles. The summed E-state index contributed by atoms with van der Waals surface area (Å²) in [5, 5.41) is 5.70. The third-order valence-electron chi connectivity index (χ3n) is 5.80. The molecule has 3 amide bonds. The Morgan fingerprint density at radius 2 is 1.68 bits per heavy atom. The van der Waals surface area contributed by atoms with Crippen LogP contribution in [0, 0.1) is 17.8 Å². The number of ether oxygens (including phenoxy) is 1. The van der Waals surface area contributed by atoms with E-state index in [0.717, 1.165) is 25.7 Å². The van der Waals surface area contributed by atoms with Gasteiger partial charge in [0.15, 0.2) is 0 Å². The van der Waals surface area contributed by atoms with E-state index >= 15 is 0 Å². The van der Waals surface area contributed by atoms with Gasteiger partial charge in [0, 0.05) is 12.6 Å². The maximum absolute atomic E-state index is 12.5. The van der Waals surface area contributed by atoms with Crippen molar-refractivity contribution in [1.82, 2.24) is 10.6 Å². The van der Waals surface area contributed by atoms with Gasteiger partial charge in [0.05, 0.1) is 12.0 Å². The molecule has 0 saturated heterocycles. The molecular weight excluding hydrogens is 360 g/mol. The van der Waals surface area contributed by atoms with Crippen LogP contribution in [0.4, 0.5) is 4.79 Å². The molecule has 3 rings (SSSR count). The van der Waals surface area contributed by atoms with Gasteiger partial charge in [-0.05, 0) is 77.6 Å². The summed E-state index contributed by atoms with van der Waals surface area (Å²) in [7, 11) is 0.